The SMILES string of the molecule is CC1(C)CC(Br)(Br)C1=O. The summed E-state index contributed by atoms with van der Waals surface area (Å²) < 4.78 is -0.399. The molecule has 0 spiro atoms. The normalized spacial score (nSPS) is 29.6. The maximum absolute atomic E-state index is 11.1. The van der Waals surface area contributed by atoms with Gasteiger partial charge in [-0.05, 0) is 6.42 Å². The van der Waals surface area contributed by atoms with E-state index in [1.807, 2.05) is 13.8 Å². The molecule has 1 aliphatic rings. The minimum Gasteiger partial charge on any atom is -0.297 e. The molecule has 0 unspecified atom stereocenters. The minimum absolute atomic E-state index is 0.118. The van der Waals surface area contributed by atoms with Crippen LogP contribution in [0.2, 0.25) is 0 Å². The van der Waals surface area contributed by atoms with Crippen molar-refractivity contribution in [1.82, 2.24) is 0 Å². The maximum Gasteiger partial charge on any atom is 0.165 e. The first-order valence-corrected chi connectivity index (χ1v) is 4.38. The van der Waals surface area contributed by atoms with E-state index in [9.17, 15) is 4.79 Å². The number of hydrogen-bond donors (Lipinski definition) is 0. The van der Waals surface area contributed by atoms with E-state index in [2.05, 4.69) is 31.9 Å². The van der Waals surface area contributed by atoms with Crippen LogP contribution in [0.5, 0.6) is 0 Å². The zero-order valence-electron chi connectivity index (χ0n) is 5.37. The van der Waals surface area contributed by atoms with Crippen molar-refractivity contribution in [2.45, 2.75) is 23.5 Å². The van der Waals surface area contributed by atoms with Crippen LogP contribution in [0.1, 0.15) is 20.3 Å². The Morgan fingerprint density at radius 1 is 1.44 bits per heavy atom. The van der Waals surface area contributed by atoms with Gasteiger partial charge < -0.3 is 0 Å². The van der Waals surface area contributed by atoms with E-state index < -0.39 is 3.23 Å². The Labute approximate surface area is 71.5 Å². The number of Topliss-reactive ketones (excluding diaryl/α,β-unsaturated/α-hetero) is 1. The molecule has 1 nitrogen and oxygen atoms in total. The van der Waals surface area contributed by atoms with Crippen LogP contribution in [-0.2, 0) is 4.79 Å². The highest BCUT2D eigenvalue weighted by molar-refractivity contribution is 9.26. The van der Waals surface area contributed by atoms with Crippen LogP contribution in [0.4, 0.5) is 0 Å². The van der Waals surface area contributed by atoms with E-state index in [1.165, 1.54) is 0 Å². The summed E-state index contributed by atoms with van der Waals surface area (Å²) in [6.45, 7) is 3.91. The molecule has 0 saturated heterocycles. The number of hydrogen-bond acceptors (Lipinski definition) is 1. The van der Waals surface area contributed by atoms with Crippen molar-refractivity contribution < 1.29 is 4.79 Å². The molecule has 9 heavy (non-hydrogen) atoms. The molecule has 0 radical (unpaired) electrons. The molecule has 0 amide bonds. The third-order valence-electron chi connectivity index (χ3n) is 1.61. The molecule has 1 rings (SSSR count). The summed E-state index contributed by atoms with van der Waals surface area (Å²) in [4.78, 5) is 11.1. The van der Waals surface area contributed by atoms with Crippen LogP contribution in [0.15, 0.2) is 0 Å². The molecule has 52 valence electrons. The molecular weight excluding hydrogens is 248 g/mol. The molecule has 0 N–H and O–H groups in total. The number of carbonyl (C=O) groups excluding carboxylic acids is 1. The second kappa shape index (κ2) is 1.82. The van der Waals surface area contributed by atoms with E-state index >= 15 is 0 Å². The quantitative estimate of drug-likeness (QED) is 0.608. The molecule has 0 aromatic heterocycles. The van der Waals surface area contributed by atoms with Crippen LogP contribution in [-0.4, -0.2) is 9.02 Å². The van der Waals surface area contributed by atoms with E-state index in [-0.39, 0.29) is 11.2 Å². The Balaban J connectivity index is 2.74. The third kappa shape index (κ3) is 1.09. The Bertz CT molecular complexity index is 144. The van der Waals surface area contributed by atoms with E-state index in [1.54, 1.807) is 0 Å². The molecule has 0 aromatic carbocycles. The van der Waals surface area contributed by atoms with E-state index in [4.69, 9.17) is 0 Å². The van der Waals surface area contributed by atoms with Gasteiger partial charge in [0.15, 0.2) is 5.78 Å². The standard InChI is InChI=1S/C6H8Br2O/c1-5(2)3-6(7,8)4(5)9/h3H2,1-2H3. The lowest BCUT2D eigenvalue weighted by Gasteiger charge is -2.43. The van der Waals surface area contributed by atoms with Gasteiger partial charge in [0.2, 0.25) is 0 Å². The number of halogens is 2. The zero-order valence-corrected chi connectivity index (χ0v) is 8.54. The average Bonchev–Trinajstić information content (AvgIpc) is 1.63. The topological polar surface area (TPSA) is 17.1 Å². The Morgan fingerprint density at radius 3 is 1.89 bits per heavy atom. The highest BCUT2D eigenvalue weighted by Gasteiger charge is 2.55. The molecule has 1 aliphatic carbocycles. The van der Waals surface area contributed by atoms with Gasteiger partial charge in [-0.3, -0.25) is 4.79 Å². The average molecular weight is 256 g/mol. The Kier molecular flexibility index (Phi) is 1.56. The number of rotatable bonds is 0. The van der Waals surface area contributed by atoms with Crippen molar-refractivity contribution >= 4 is 37.6 Å². The first-order valence-electron chi connectivity index (χ1n) is 2.79. The van der Waals surface area contributed by atoms with Crippen molar-refractivity contribution in [2.24, 2.45) is 5.41 Å². The van der Waals surface area contributed by atoms with Gasteiger partial charge in [0.25, 0.3) is 0 Å². The zero-order chi connectivity index (χ0) is 7.28. The second-order valence-electron chi connectivity index (χ2n) is 3.09. The third-order valence-corrected chi connectivity index (χ3v) is 2.89. The summed E-state index contributed by atoms with van der Waals surface area (Å²) in [5.74, 6) is 0.245. The van der Waals surface area contributed by atoms with Gasteiger partial charge >= 0.3 is 0 Å². The predicted molar refractivity (Wildman–Crippen MR) is 44.0 cm³/mol. The maximum atomic E-state index is 11.1. The summed E-state index contributed by atoms with van der Waals surface area (Å²) in [5.41, 5.74) is -0.118. The molecule has 0 aliphatic heterocycles. The number of carbonyl (C=O) groups is 1. The summed E-state index contributed by atoms with van der Waals surface area (Å²) in [5, 5.41) is 0. The van der Waals surface area contributed by atoms with Gasteiger partial charge in [0.05, 0.1) is 0 Å². The van der Waals surface area contributed by atoms with E-state index in [0.717, 1.165) is 6.42 Å². The fourth-order valence-corrected chi connectivity index (χ4v) is 3.58. The molecule has 0 bridgehead atoms. The van der Waals surface area contributed by atoms with Gasteiger partial charge in [-0.25, -0.2) is 0 Å². The van der Waals surface area contributed by atoms with Crippen LogP contribution in [0.3, 0.4) is 0 Å². The predicted octanol–water partition coefficient (Wildman–Crippen LogP) is 2.47. The van der Waals surface area contributed by atoms with Crippen molar-refractivity contribution in [2.75, 3.05) is 0 Å². The Hall–Kier alpha value is 0.630. The first-order chi connectivity index (χ1) is 3.86. The molecule has 1 fully saturated rings. The van der Waals surface area contributed by atoms with E-state index in [0.29, 0.717) is 0 Å². The summed E-state index contributed by atoms with van der Waals surface area (Å²) in [6, 6.07) is 0. The lowest BCUT2D eigenvalue weighted by Crippen LogP contribution is -2.51. The van der Waals surface area contributed by atoms with Crippen LogP contribution in [0.25, 0.3) is 0 Å². The fourth-order valence-electron chi connectivity index (χ4n) is 1.10. The largest absolute Gasteiger partial charge is 0.297 e. The van der Waals surface area contributed by atoms with Gasteiger partial charge in [0.1, 0.15) is 3.23 Å². The highest BCUT2D eigenvalue weighted by Crippen LogP contribution is 2.53. The van der Waals surface area contributed by atoms with Crippen molar-refractivity contribution in [3.8, 4) is 0 Å². The van der Waals surface area contributed by atoms with Gasteiger partial charge in [-0.1, -0.05) is 45.7 Å². The second-order valence-corrected chi connectivity index (χ2v) is 6.87. The van der Waals surface area contributed by atoms with Gasteiger partial charge in [-0.15, -0.1) is 0 Å². The molecular formula is C6H8Br2O. The molecule has 3 heteroatoms. The first kappa shape index (κ1) is 7.73. The van der Waals surface area contributed by atoms with Crippen LogP contribution in [0, 0.1) is 5.41 Å². The summed E-state index contributed by atoms with van der Waals surface area (Å²) in [6.07, 6.45) is 0.874. The molecule has 0 atom stereocenters. The van der Waals surface area contributed by atoms with Crippen molar-refractivity contribution in [1.29, 1.82) is 0 Å². The highest BCUT2D eigenvalue weighted by atomic mass is 79.9. The Morgan fingerprint density at radius 2 is 1.89 bits per heavy atom. The molecule has 0 aromatic rings. The molecule has 1 saturated carbocycles. The summed E-state index contributed by atoms with van der Waals surface area (Å²) in [7, 11) is 0. The fraction of sp³-hybridized carbons (Fsp3) is 0.833. The lowest BCUT2D eigenvalue weighted by atomic mass is 9.71. The van der Waals surface area contributed by atoms with Crippen LogP contribution >= 0.6 is 31.9 Å². The summed E-state index contributed by atoms with van der Waals surface area (Å²) >= 11 is 6.54. The lowest BCUT2D eigenvalue weighted by molar-refractivity contribution is -0.135. The van der Waals surface area contributed by atoms with Gasteiger partial charge in [0, 0.05) is 5.41 Å². The minimum atomic E-state index is -0.399. The number of ketones is 1. The smallest absolute Gasteiger partial charge is 0.165 e. The monoisotopic (exact) mass is 254 g/mol. The molecule has 0 heterocycles. The number of alkyl halides is 2. The van der Waals surface area contributed by atoms with Gasteiger partial charge in [-0.2, -0.15) is 0 Å². The van der Waals surface area contributed by atoms with Crippen molar-refractivity contribution in [3.05, 3.63) is 0 Å². The van der Waals surface area contributed by atoms with Crippen molar-refractivity contribution in [3.63, 3.8) is 0 Å². The van der Waals surface area contributed by atoms with Crippen LogP contribution < -0.4 is 0 Å².